The standard InChI is InChI=1S/C26H20F6N2O7/c27-25(28,29)40-19-7-1-15(2-8-19)13-17-14-20(41-26(30,31)32)9-10-21(17)39-24(38)34-18-5-3-16(4-6-18)23(37)33-12-11-22(35)36/h1-10,14H,11-13H2,(H,33,37)(H,34,38)(H,35,36). The number of aliphatic carboxylic acids is 1. The molecule has 0 saturated heterocycles. The van der Waals surface area contributed by atoms with E-state index in [1.54, 1.807) is 0 Å². The number of alkyl halides is 6. The number of halogens is 6. The van der Waals surface area contributed by atoms with Gasteiger partial charge in [-0.25, -0.2) is 4.79 Å². The van der Waals surface area contributed by atoms with Crippen LogP contribution in [-0.4, -0.2) is 42.3 Å². The van der Waals surface area contributed by atoms with Crippen LogP contribution in [0.15, 0.2) is 66.7 Å². The zero-order valence-corrected chi connectivity index (χ0v) is 20.6. The van der Waals surface area contributed by atoms with Gasteiger partial charge in [-0.15, -0.1) is 26.3 Å². The third-order valence-electron chi connectivity index (χ3n) is 5.04. The highest BCUT2D eigenvalue weighted by molar-refractivity contribution is 5.95. The molecule has 0 spiro atoms. The number of amides is 2. The van der Waals surface area contributed by atoms with Crippen molar-refractivity contribution in [3.8, 4) is 17.2 Å². The number of rotatable bonds is 10. The van der Waals surface area contributed by atoms with Crippen molar-refractivity contribution in [3.05, 3.63) is 83.4 Å². The third kappa shape index (κ3) is 10.6. The molecule has 0 aliphatic carbocycles. The Morgan fingerprint density at radius 3 is 1.95 bits per heavy atom. The average molecular weight is 586 g/mol. The van der Waals surface area contributed by atoms with Crippen LogP contribution >= 0.6 is 0 Å². The maximum atomic E-state index is 12.7. The van der Waals surface area contributed by atoms with Crippen molar-refractivity contribution < 1.29 is 60.0 Å². The van der Waals surface area contributed by atoms with E-state index in [4.69, 9.17) is 9.84 Å². The predicted octanol–water partition coefficient (Wildman–Crippen LogP) is 5.89. The monoisotopic (exact) mass is 586 g/mol. The minimum absolute atomic E-state index is 0.0415. The Kier molecular flexibility index (Phi) is 9.65. The van der Waals surface area contributed by atoms with Gasteiger partial charge in [-0.05, 0) is 60.2 Å². The first-order valence-corrected chi connectivity index (χ1v) is 11.5. The van der Waals surface area contributed by atoms with E-state index in [-0.39, 0.29) is 42.0 Å². The molecule has 9 nitrogen and oxygen atoms in total. The number of carboxylic acids is 1. The molecule has 2 amide bonds. The molecule has 0 heterocycles. The fraction of sp³-hybridized carbons (Fsp3) is 0.192. The van der Waals surface area contributed by atoms with Gasteiger partial charge in [0.15, 0.2) is 0 Å². The van der Waals surface area contributed by atoms with Crippen molar-refractivity contribution >= 4 is 23.7 Å². The molecule has 3 aromatic carbocycles. The summed E-state index contributed by atoms with van der Waals surface area (Å²) < 4.78 is 88.4. The summed E-state index contributed by atoms with van der Waals surface area (Å²) >= 11 is 0. The summed E-state index contributed by atoms with van der Waals surface area (Å²) in [6.45, 7) is -0.0822. The average Bonchev–Trinajstić information content (AvgIpc) is 2.85. The fourth-order valence-electron chi connectivity index (χ4n) is 3.35. The van der Waals surface area contributed by atoms with Crippen LogP contribution in [0.25, 0.3) is 0 Å². The van der Waals surface area contributed by atoms with E-state index in [1.807, 2.05) is 0 Å². The molecule has 0 aromatic heterocycles. The summed E-state index contributed by atoms with van der Waals surface area (Å²) in [6.07, 6.45) is -11.4. The van der Waals surface area contributed by atoms with Crippen LogP contribution in [-0.2, 0) is 11.2 Å². The van der Waals surface area contributed by atoms with E-state index in [0.717, 1.165) is 30.3 Å². The summed E-state index contributed by atoms with van der Waals surface area (Å²) in [4.78, 5) is 35.1. The molecule has 0 bridgehead atoms. The van der Waals surface area contributed by atoms with E-state index in [0.29, 0.717) is 5.56 Å². The van der Waals surface area contributed by atoms with Gasteiger partial charge >= 0.3 is 24.8 Å². The normalized spacial score (nSPS) is 11.4. The number of carboxylic acid groups (broad SMARTS) is 1. The number of nitrogens with one attached hydrogen (secondary N) is 2. The SMILES string of the molecule is O=C(O)CCNC(=O)c1ccc(NC(=O)Oc2ccc(OC(F)(F)F)cc2Cc2ccc(OC(F)(F)F)cc2)cc1. The first-order valence-electron chi connectivity index (χ1n) is 11.5. The van der Waals surface area contributed by atoms with Crippen LogP contribution < -0.4 is 24.8 Å². The molecule has 41 heavy (non-hydrogen) atoms. The van der Waals surface area contributed by atoms with Crippen molar-refractivity contribution in [3.63, 3.8) is 0 Å². The van der Waals surface area contributed by atoms with Crippen LogP contribution in [0.2, 0.25) is 0 Å². The number of carbonyl (C=O) groups is 3. The molecule has 0 saturated carbocycles. The lowest BCUT2D eigenvalue weighted by atomic mass is 10.0. The van der Waals surface area contributed by atoms with Gasteiger partial charge in [0.25, 0.3) is 5.91 Å². The summed E-state index contributed by atoms with van der Waals surface area (Å²) in [6, 6.07) is 12.9. The highest BCUT2D eigenvalue weighted by atomic mass is 19.4. The minimum atomic E-state index is -5.01. The van der Waals surface area contributed by atoms with Gasteiger partial charge in [0.05, 0.1) is 6.42 Å². The third-order valence-corrected chi connectivity index (χ3v) is 5.04. The highest BCUT2D eigenvalue weighted by Gasteiger charge is 2.32. The zero-order valence-electron chi connectivity index (χ0n) is 20.6. The van der Waals surface area contributed by atoms with E-state index in [2.05, 4.69) is 20.1 Å². The second kappa shape index (κ2) is 12.9. The summed E-state index contributed by atoms with van der Waals surface area (Å²) in [5.41, 5.74) is 0.769. The first kappa shape index (κ1) is 30.6. The van der Waals surface area contributed by atoms with Crippen LogP contribution in [0.3, 0.4) is 0 Å². The molecule has 0 atom stereocenters. The number of anilines is 1. The maximum Gasteiger partial charge on any atom is 0.573 e. The Morgan fingerprint density at radius 2 is 1.37 bits per heavy atom. The molecule has 218 valence electrons. The Bertz CT molecular complexity index is 1380. The van der Waals surface area contributed by atoms with E-state index >= 15 is 0 Å². The number of hydrogen-bond acceptors (Lipinski definition) is 6. The molecule has 15 heteroatoms. The van der Waals surface area contributed by atoms with Crippen LogP contribution in [0.4, 0.5) is 36.8 Å². The molecule has 0 aliphatic heterocycles. The molecular weight excluding hydrogens is 566 g/mol. The van der Waals surface area contributed by atoms with Gasteiger partial charge in [0.2, 0.25) is 0 Å². The lowest BCUT2D eigenvalue weighted by Crippen LogP contribution is -2.26. The lowest BCUT2D eigenvalue weighted by Gasteiger charge is -2.15. The number of hydrogen-bond donors (Lipinski definition) is 3. The van der Waals surface area contributed by atoms with Crippen molar-refractivity contribution in [1.29, 1.82) is 0 Å². The lowest BCUT2D eigenvalue weighted by molar-refractivity contribution is -0.275. The minimum Gasteiger partial charge on any atom is -0.481 e. The van der Waals surface area contributed by atoms with Gasteiger partial charge in [-0.1, -0.05) is 12.1 Å². The van der Waals surface area contributed by atoms with Gasteiger partial charge in [-0.3, -0.25) is 14.9 Å². The van der Waals surface area contributed by atoms with Crippen molar-refractivity contribution in [2.24, 2.45) is 0 Å². The molecule has 3 rings (SSSR count). The predicted molar refractivity (Wildman–Crippen MR) is 130 cm³/mol. The number of ether oxygens (including phenoxy) is 3. The van der Waals surface area contributed by atoms with Gasteiger partial charge in [-0.2, -0.15) is 0 Å². The van der Waals surface area contributed by atoms with Crippen molar-refractivity contribution in [1.82, 2.24) is 5.32 Å². The summed E-state index contributed by atoms with van der Waals surface area (Å²) in [5.74, 6) is -2.90. The Labute approximate surface area is 227 Å². The van der Waals surface area contributed by atoms with Crippen molar-refractivity contribution in [2.45, 2.75) is 25.6 Å². The first-order chi connectivity index (χ1) is 19.2. The van der Waals surface area contributed by atoms with E-state index < -0.39 is 42.2 Å². The zero-order chi connectivity index (χ0) is 30.2. The van der Waals surface area contributed by atoms with Gasteiger partial charge in [0.1, 0.15) is 17.2 Å². The molecule has 0 radical (unpaired) electrons. The Morgan fingerprint density at radius 1 is 0.780 bits per heavy atom. The maximum absolute atomic E-state index is 12.7. The van der Waals surface area contributed by atoms with Gasteiger partial charge in [0, 0.05) is 29.8 Å². The fourth-order valence-corrected chi connectivity index (χ4v) is 3.35. The van der Waals surface area contributed by atoms with E-state index in [1.165, 1.54) is 36.4 Å². The Balaban J connectivity index is 1.72. The Hall–Kier alpha value is -4.95. The van der Waals surface area contributed by atoms with Crippen molar-refractivity contribution in [2.75, 3.05) is 11.9 Å². The molecule has 0 fully saturated rings. The highest BCUT2D eigenvalue weighted by Crippen LogP contribution is 2.31. The quantitative estimate of drug-likeness (QED) is 0.253. The number of carbonyl (C=O) groups excluding carboxylic acids is 2. The number of benzene rings is 3. The van der Waals surface area contributed by atoms with Crippen LogP contribution in [0.1, 0.15) is 27.9 Å². The molecular formula is C26H20F6N2O7. The largest absolute Gasteiger partial charge is 0.573 e. The molecule has 0 aliphatic rings. The second-order valence-electron chi connectivity index (χ2n) is 8.18. The molecule has 3 N–H and O–H groups in total. The van der Waals surface area contributed by atoms with Crippen LogP contribution in [0, 0.1) is 0 Å². The topological polar surface area (TPSA) is 123 Å². The van der Waals surface area contributed by atoms with E-state index in [9.17, 15) is 40.7 Å². The molecule has 3 aromatic rings. The second-order valence-corrected chi connectivity index (χ2v) is 8.18. The summed E-state index contributed by atoms with van der Waals surface area (Å²) in [5, 5.41) is 13.4. The smallest absolute Gasteiger partial charge is 0.481 e. The van der Waals surface area contributed by atoms with Gasteiger partial charge < -0.3 is 24.6 Å². The molecule has 0 unspecified atom stereocenters. The van der Waals surface area contributed by atoms with Crippen LogP contribution in [0.5, 0.6) is 17.2 Å². The summed E-state index contributed by atoms with van der Waals surface area (Å²) in [7, 11) is 0.